The molecule has 2 nitrogen and oxygen atoms in total. The summed E-state index contributed by atoms with van der Waals surface area (Å²) in [7, 11) is 0. The number of anilines is 1. The third kappa shape index (κ3) is 3.29. The first kappa shape index (κ1) is 13.5. The first-order valence-corrected chi connectivity index (χ1v) is 7.59. The SMILES string of the molecule is Cc1ccc(C)c(NC2=NC(C(C)C)CCS2)c1. The van der Waals surface area contributed by atoms with Crippen LogP contribution in [0.1, 0.15) is 31.4 Å². The van der Waals surface area contributed by atoms with Crippen LogP contribution in [-0.2, 0) is 0 Å². The van der Waals surface area contributed by atoms with Crippen LogP contribution in [-0.4, -0.2) is 17.0 Å². The van der Waals surface area contributed by atoms with Gasteiger partial charge in [-0.25, -0.2) is 0 Å². The van der Waals surface area contributed by atoms with Crippen LogP contribution in [0.4, 0.5) is 5.69 Å². The highest BCUT2D eigenvalue weighted by Gasteiger charge is 2.18. The Balaban J connectivity index is 2.15. The molecule has 98 valence electrons. The van der Waals surface area contributed by atoms with Crippen molar-refractivity contribution in [3.8, 4) is 0 Å². The largest absolute Gasteiger partial charge is 0.335 e. The van der Waals surface area contributed by atoms with Crippen LogP contribution in [0.5, 0.6) is 0 Å². The van der Waals surface area contributed by atoms with Gasteiger partial charge in [0.1, 0.15) is 0 Å². The highest BCUT2D eigenvalue weighted by Crippen LogP contribution is 2.25. The van der Waals surface area contributed by atoms with Crippen LogP contribution in [0.25, 0.3) is 0 Å². The van der Waals surface area contributed by atoms with Gasteiger partial charge in [0.05, 0.1) is 6.04 Å². The fourth-order valence-corrected chi connectivity index (χ4v) is 3.01. The summed E-state index contributed by atoms with van der Waals surface area (Å²) in [5, 5.41) is 4.57. The first-order valence-electron chi connectivity index (χ1n) is 6.61. The molecule has 1 heterocycles. The molecule has 0 spiro atoms. The molecule has 1 aromatic carbocycles. The molecule has 1 aliphatic rings. The highest BCUT2D eigenvalue weighted by atomic mass is 32.2. The number of hydrogen-bond acceptors (Lipinski definition) is 3. The van der Waals surface area contributed by atoms with E-state index in [-0.39, 0.29) is 0 Å². The molecule has 18 heavy (non-hydrogen) atoms. The van der Waals surface area contributed by atoms with Crippen LogP contribution in [0.3, 0.4) is 0 Å². The van der Waals surface area contributed by atoms with Gasteiger partial charge in [0.2, 0.25) is 0 Å². The van der Waals surface area contributed by atoms with Crippen LogP contribution in [0.2, 0.25) is 0 Å². The van der Waals surface area contributed by atoms with Crippen molar-refractivity contribution in [3.63, 3.8) is 0 Å². The lowest BCUT2D eigenvalue weighted by atomic mass is 10.0. The number of amidine groups is 1. The molecule has 0 saturated heterocycles. The van der Waals surface area contributed by atoms with Crippen LogP contribution in [0, 0.1) is 19.8 Å². The molecule has 1 atom stereocenters. The maximum absolute atomic E-state index is 4.82. The third-order valence-corrected chi connectivity index (χ3v) is 4.26. The third-order valence-electron chi connectivity index (χ3n) is 3.34. The van der Waals surface area contributed by atoms with Gasteiger partial charge in [-0.15, -0.1) is 0 Å². The summed E-state index contributed by atoms with van der Waals surface area (Å²) >= 11 is 1.83. The Morgan fingerprint density at radius 1 is 1.33 bits per heavy atom. The Morgan fingerprint density at radius 3 is 2.83 bits per heavy atom. The van der Waals surface area contributed by atoms with Crippen LogP contribution < -0.4 is 5.32 Å². The van der Waals surface area contributed by atoms with E-state index in [2.05, 4.69) is 51.2 Å². The van der Waals surface area contributed by atoms with E-state index in [4.69, 9.17) is 4.99 Å². The van der Waals surface area contributed by atoms with Crippen molar-refractivity contribution < 1.29 is 0 Å². The number of thioether (sulfide) groups is 1. The lowest BCUT2D eigenvalue weighted by molar-refractivity contribution is 0.485. The average molecular weight is 262 g/mol. The molecule has 0 aromatic heterocycles. The van der Waals surface area contributed by atoms with E-state index in [0.717, 1.165) is 5.17 Å². The second kappa shape index (κ2) is 5.79. The van der Waals surface area contributed by atoms with Gasteiger partial charge in [-0.2, -0.15) is 0 Å². The molecular formula is C15H22N2S. The Kier molecular flexibility index (Phi) is 4.33. The lowest BCUT2D eigenvalue weighted by Crippen LogP contribution is -2.24. The van der Waals surface area contributed by atoms with Crippen molar-refractivity contribution in [1.29, 1.82) is 0 Å². The summed E-state index contributed by atoms with van der Waals surface area (Å²) in [4.78, 5) is 4.82. The molecule has 0 radical (unpaired) electrons. The molecule has 0 amide bonds. The van der Waals surface area contributed by atoms with E-state index >= 15 is 0 Å². The summed E-state index contributed by atoms with van der Waals surface area (Å²) in [6.45, 7) is 8.76. The van der Waals surface area contributed by atoms with Gasteiger partial charge in [0.25, 0.3) is 0 Å². The van der Waals surface area contributed by atoms with E-state index in [1.54, 1.807) is 0 Å². The van der Waals surface area contributed by atoms with Crippen molar-refractivity contribution >= 4 is 22.6 Å². The highest BCUT2D eigenvalue weighted by molar-refractivity contribution is 8.14. The van der Waals surface area contributed by atoms with Gasteiger partial charge in [0.15, 0.2) is 5.17 Å². The Bertz CT molecular complexity index is 452. The summed E-state index contributed by atoms with van der Waals surface area (Å²) < 4.78 is 0. The van der Waals surface area contributed by atoms with Gasteiger partial charge in [-0.3, -0.25) is 4.99 Å². The van der Waals surface area contributed by atoms with Crippen molar-refractivity contribution in [1.82, 2.24) is 0 Å². The second-order valence-corrected chi connectivity index (χ2v) is 6.41. The molecular weight excluding hydrogens is 240 g/mol. The zero-order valence-electron chi connectivity index (χ0n) is 11.7. The average Bonchev–Trinajstić information content (AvgIpc) is 2.34. The van der Waals surface area contributed by atoms with Crippen LogP contribution >= 0.6 is 11.8 Å². The molecule has 1 N–H and O–H groups in total. The molecule has 0 aliphatic carbocycles. The van der Waals surface area contributed by atoms with Crippen molar-refractivity contribution in [2.45, 2.75) is 40.2 Å². The predicted octanol–water partition coefficient (Wildman–Crippen LogP) is 4.23. The normalized spacial score (nSPS) is 19.8. The maximum Gasteiger partial charge on any atom is 0.161 e. The van der Waals surface area contributed by atoms with E-state index in [9.17, 15) is 0 Å². The molecule has 0 saturated carbocycles. The Labute approximate surface area is 114 Å². The number of benzene rings is 1. The standard InChI is InChI=1S/C15H22N2S/c1-10(2)13-7-8-18-15(16-13)17-14-9-11(3)5-6-12(14)4/h5-6,9-10,13H,7-8H2,1-4H3,(H,16,17). The van der Waals surface area contributed by atoms with Gasteiger partial charge >= 0.3 is 0 Å². The number of aliphatic imine (C=N–C) groups is 1. The van der Waals surface area contributed by atoms with E-state index in [1.165, 1.54) is 29.0 Å². The lowest BCUT2D eigenvalue weighted by Gasteiger charge is -2.23. The van der Waals surface area contributed by atoms with Gasteiger partial charge in [-0.1, -0.05) is 37.7 Å². The molecule has 0 bridgehead atoms. The number of hydrogen-bond donors (Lipinski definition) is 1. The summed E-state index contributed by atoms with van der Waals surface area (Å²) in [6, 6.07) is 6.97. The fraction of sp³-hybridized carbons (Fsp3) is 0.533. The summed E-state index contributed by atoms with van der Waals surface area (Å²) in [5.41, 5.74) is 3.74. The monoisotopic (exact) mass is 262 g/mol. The number of nitrogens with one attached hydrogen (secondary N) is 1. The van der Waals surface area contributed by atoms with Gasteiger partial charge in [0, 0.05) is 11.4 Å². The van der Waals surface area contributed by atoms with Crippen molar-refractivity contribution in [3.05, 3.63) is 29.3 Å². The number of aryl methyl sites for hydroxylation is 2. The maximum atomic E-state index is 4.82. The zero-order chi connectivity index (χ0) is 13.1. The summed E-state index contributed by atoms with van der Waals surface area (Å²) in [5.74, 6) is 1.79. The first-order chi connectivity index (χ1) is 8.56. The Morgan fingerprint density at radius 2 is 2.11 bits per heavy atom. The molecule has 1 unspecified atom stereocenters. The van der Waals surface area contributed by atoms with Gasteiger partial charge < -0.3 is 5.32 Å². The fourth-order valence-electron chi connectivity index (χ4n) is 2.07. The molecule has 1 aliphatic heterocycles. The predicted molar refractivity (Wildman–Crippen MR) is 82.7 cm³/mol. The van der Waals surface area contributed by atoms with E-state index in [0.29, 0.717) is 12.0 Å². The molecule has 2 rings (SSSR count). The van der Waals surface area contributed by atoms with Gasteiger partial charge in [-0.05, 0) is 43.4 Å². The van der Waals surface area contributed by atoms with E-state index in [1.807, 2.05) is 11.8 Å². The number of nitrogens with zero attached hydrogens (tertiary/aromatic N) is 1. The Hall–Kier alpha value is -0.960. The number of rotatable bonds is 2. The quantitative estimate of drug-likeness (QED) is 0.862. The molecule has 3 heteroatoms. The summed E-state index contributed by atoms with van der Waals surface area (Å²) in [6.07, 6.45) is 1.19. The smallest absolute Gasteiger partial charge is 0.161 e. The van der Waals surface area contributed by atoms with Crippen molar-refractivity contribution in [2.24, 2.45) is 10.9 Å². The second-order valence-electron chi connectivity index (χ2n) is 5.33. The molecule has 1 aromatic rings. The van der Waals surface area contributed by atoms with Crippen LogP contribution in [0.15, 0.2) is 23.2 Å². The minimum Gasteiger partial charge on any atom is -0.335 e. The van der Waals surface area contributed by atoms with E-state index < -0.39 is 0 Å². The van der Waals surface area contributed by atoms with Crippen molar-refractivity contribution in [2.75, 3.05) is 11.1 Å². The minimum absolute atomic E-state index is 0.471. The topological polar surface area (TPSA) is 24.4 Å². The molecule has 0 fully saturated rings. The minimum atomic E-state index is 0.471. The zero-order valence-corrected chi connectivity index (χ0v) is 12.5.